The van der Waals surface area contributed by atoms with Crippen molar-refractivity contribution >= 4 is 63.7 Å². The van der Waals surface area contributed by atoms with Crippen molar-refractivity contribution in [1.82, 2.24) is 0 Å². The molecule has 0 amide bonds. The van der Waals surface area contributed by atoms with Gasteiger partial charge in [-0.2, -0.15) is 0 Å². The number of alkyl halides is 4. The van der Waals surface area contributed by atoms with Gasteiger partial charge in [0.05, 0.1) is 9.65 Å². The van der Waals surface area contributed by atoms with Gasteiger partial charge in [-0.25, -0.2) is 0 Å². The molecule has 2 nitrogen and oxygen atoms in total. The van der Waals surface area contributed by atoms with Crippen LogP contribution < -0.4 is 0 Å². The fourth-order valence-electron chi connectivity index (χ4n) is 0.303. The van der Waals surface area contributed by atoms with Crippen LogP contribution in [0.15, 0.2) is 0 Å². The Morgan fingerprint density at radius 3 is 1.00 bits per heavy atom. The van der Waals surface area contributed by atoms with Crippen LogP contribution in [0.5, 0.6) is 0 Å². The van der Waals surface area contributed by atoms with Crippen molar-refractivity contribution in [2.45, 2.75) is 19.7 Å². The van der Waals surface area contributed by atoms with Gasteiger partial charge in [0.1, 0.15) is 10.0 Å². The Labute approximate surface area is 92.9 Å². The van der Waals surface area contributed by atoms with Gasteiger partial charge in [-0.15, -0.1) is 0 Å². The molecule has 0 aliphatic carbocycles. The first kappa shape index (κ1) is 11.8. The summed E-state index contributed by atoms with van der Waals surface area (Å²) in [6.07, 6.45) is 0. The molecule has 0 heterocycles. The van der Waals surface area contributed by atoms with E-state index in [2.05, 4.69) is 63.7 Å². The van der Waals surface area contributed by atoms with Gasteiger partial charge < -0.3 is 10.2 Å². The predicted octanol–water partition coefficient (Wildman–Crippen LogP) is 1.94. The van der Waals surface area contributed by atoms with E-state index in [0.717, 1.165) is 0 Å². The lowest BCUT2D eigenvalue weighted by Gasteiger charge is -2.19. The monoisotopic (exact) mass is 402 g/mol. The van der Waals surface area contributed by atoms with Crippen molar-refractivity contribution in [3.05, 3.63) is 0 Å². The zero-order valence-electron chi connectivity index (χ0n) is 4.72. The van der Waals surface area contributed by atoms with Crippen molar-refractivity contribution in [2.75, 3.05) is 0 Å². The van der Waals surface area contributed by atoms with Crippen LogP contribution in [0.25, 0.3) is 0 Å². The smallest absolute Gasteiger partial charge is 0.122 e. The molecule has 0 spiro atoms. The van der Waals surface area contributed by atoms with Crippen LogP contribution in [0.3, 0.4) is 0 Å². The van der Waals surface area contributed by atoms with Gasteiger partial charge in [0.25, 0.3) is 0 Å². The first-order chi connectivity index (χ1) is 4.46. The van der Waals surface area contributed by atoms with E-state index < -0.39 is 10.0 Å². The van der Waals surface area contributed by atoms with E-state index in [0.29, 0.717) is 0 Å². The van der Waals surface area contributed by atoms with Gasteiger partial charge in [0.2, 0.25) is 0 Å². The Balaban J connectivity index is 3.81. The third kappa shape index (κ3) is 4.01. The van der Waals surface area contributed by atoms with Crippen LogP contribution in [0, 0.1) is 0 Å². The summed E-state index contributed by atoms with van der Waals surface area (Å²) >= 11 is 12.3. The molecule has 4 unspecified atom stereocenters. The second kappa shape index (κ2) is 5.48. The molecule has 0 aliphatic rings. The lowest BCUT2D eigenvalue weighted by Crippen LogP contribution is -2.30. The van der Waals surface area contributed by atoms with E-state index in [-0.39, 0.29) is 9.65 Å². The molecule has 6 heteroatoms. The molecule has 0 saturated carbocycles. The highest BCUT2D eigenvalue weighted by Gasteiger charge is 2.26. The number of halogens is 4. The van der Waals surface area contributed by atoms with E-state index >= 15 is 0 Å². The normalized spacial score (nSPS) is 23.4. The maximum Gasteiger partial charge on any atom is 0.122 e. The topological polar surface area (TPSA) is 40.5 Å². The van der Waals surface area contributed by atoms with Crippen LogP contribution in [0.4, 0.5) is 0 Å². The molecular weight excluding hydrogens is 400 g/mol. The first-order valence-corrected chi connectivity index (χ1v) is 6.05. The van der Waals surface area contributed by atoms with Crippen LogP contribution in [-0.2, 0) is 0 Å². The third-order valence-electron chi connectivity index (χ3n) is 0.830. The zero-order valence-corrected chi connectivity index (χ0v) is 11.1. The number of rotatable bonds is 3. The van der Waals surface area contributed by atoms with Crippen molar-refractivity contribution in [2.24, 2.45) is 0 Å². The molecule has 62 valence electrons. The van der Waals surface area contributed by atoms with Crippen molar-refractivity contribution in [3.63, 3.8) is 0 Å². The average Bonchev–Trinajstić information content (AvgIpc) is 1.84. The Morgan fingerprint density at radius 2 is 0.900 bits per heavy atom. The summed E-state index contributed by atoms with van der Waals surface area (Å²) in [4.78, 5) is -0.469. The fraction of sp³-hybridized carbons (Fsp3) is 1.00. The lowest BCUT2D eigenvalue weighted by atomic mass is 10.3. The molecule has 10 heavy (non-hydrogen) atoms. The minimum Gasteiger partial charge on any atom is -0.381 e. The highest BCUT2D eigenvalue weighted by molar-refractivity contribution is 9.14. The number of hydrogen-bond acceptors (Lipinski definition) is 2. The molecule has 4 atom stereocenters. The van der Waals surface area contributed by atoms with Crippen molar-refractivity contribution < 1.29 is 10.2 Å². The SMILES string of the molecule is OC(Br)C(Br)C(Br)C(O)Br. The Bertz CT molecular complexity index is 85.3. The second-order valence-corrected chi connectivity index (χ2v) is 5.63. The molecule has 2 N–H and O–H groups in total. The third-order valence-corrected chi connectivity index (χ3v) is 6.24. The maximum atomic E-state index is 8.95. The van der Waals surface area contributed by atoms with Crippen LogP contribution in [0.2, 0.25) is 0 Å². The lowest BCUT2D eigenvalue weighted by molar-refractivity contribution is 0.226. The Morgan fingerprint density at radius 1 is 0.700 bits per heavy atom. The van der Waals surface area contributed by atoms with Gasteiger partial charge in [0.15, 0.2) is 0 Å². The van der Waals surface area contributed by atoms with Crippen molar-refractivity contribution in [3.8, 4) is 0 Å². The second-order valence-electron chi connectivity index (χ2n) is 1.63. The molecule has 0 rings (SSSR count). The quantitative estimate of drug-likeness (QED) is 0.705. The molecule has 0 aromatic heterocycles. The number of hydrogen-bond donors (Lipinski definition) is 2. The number of aliphatic hydroxyl groups is 2. The molecule has 0 saturated heterocycles. The van der Waals surface area contributed by atoms with Crippen molar-refractivity contribution in [1.29, 1.82) is 0 Å². The largest absolute Gasteiger partial charge is 0.381 e. The summed E-state index contributed by atoms with van der Waals surface area (Å²) in [5.41, 5.74) is 0. The molecule has 0 radical (unpaired) electrons. The highest BCUT2D eigenvalue weighted by Crippen LogP contribution is 2.25. The first-order valence-electron chi connectivity index (χ1n) is 2.39. The maximum absolute atomic E-state index is 8.95. The average molecular weight is 406 g/mol. The summed E-state index contributed by atoms with van der Waals surface area (Å²) < 4.78 is 0. The summed E-state index contributed by atoms with van der Waals surface area (Å²) in [6.45, 7) is 0. The summed E-state index contributed by atoms with van der Waals surface area (Å²) in [5.74, 6) is 0. The molecular formula is C4H6Br4O2. The fourth-order valence-corrected chi connectivity index (χ4v) is 2.36. The molecule has 0 fully saturated rings. The minimum atomic E-state index is -0.677. The van der Waals surface area contributed by atoms with E-state index in [1.165, 1.54) is 0 Å². The van der Waals surface area contributed by atoms with Crippen LogP contribution in [0.1, 0.15) is 0 Å². The van der Waals surface area contributed by atoms with Gasteiger partial charge in [-0.3, -0.25) is 0 Å². The molecule has 0 aromatic carbocycles. The predicted molar refractivity (Wildman–Crippen MR) is 55.3 cm³/mol. The van der Waals surface area contributed by atoms with E-state index in [1.54, 1.807) is 0 Å². The summed E-state index contributed by atoms with van der Waals surface area (Å²) in [5, 5.41) is 16.5. The van der Waals surface area contributed by atoms with Gasteiger partial charge >= 0.3 is 0 Å². The van der Waals surface area contributed by atoms with E-state index in [9.17, 15) is 0 Å². The molecule has 0 aliphatic heterocycles. The summed E-state index contributed by atoms with van der Waals surface area (Å²) in [7, 11) is 0. The summed E-state index contributed by atoms with van der Waals surface area (Å²) in [6, 6.07) is 0. The minimum absolute atomic E-state index is 0.234. The zero-order chi connectivity index (χ0) is 8.31. The van der Waals surface area contributed by atoms with Crippen LogP contribution >= 0.6 is 63.7 Å². The van der Waals surface area contributed by atoms with Gasteiger partial charge in [-0.1, -0.05) is 63.7 Å². The van der Waals surface area contributed by atoms with Crippen LogP contribution in [-0.4, -0.2) is 29.9 Å². The standard InChI is InChI=1S/C4H6Br4O2/c5-1(3(7)9)2(6)4(8)10/h1-4,9-10H. The Hall–Kier alpha value is 1.84. The van der Waals surface area contributed by atoms with Gasteiger partial charge in [0, 0.05) is 0 Å². The highest BCUT2D eigenvalue weighted by atomic mass is 79.9. The van der Waals surface area contributed by atoms with E-state index in [1.807, 2.05) is 0 Å². The Kier molecular flexibility index (Phi) is 6.49. The van der Waals surface area contributed by atoms with E-state index in [4.69, 9.17) is 10.2 Å². The van der Waals surface area contributed by atoms with Gasteiger partial charge in [-0.05, 0) is 0 Å². The number of aliphatic hydroxyl groups excluding tert-OH is 2. The molecule has 0 aromatic rings. The molecule has 0 bridgehead atoms.